The Hall–Kier alpha value is -1.36. The number of carbonyl (C=O) groups is 1. The summed E-state index contributed by atoms with van der Waals surface area (Å²) in [5.74, 6) is 0.150. The predicted octanol–water partition coefficient (Wildman–Crippen LogP) is 0.687. The summed E-state index contributed by atoms with van der Waals surface area (Å²) in [4.78, 5) is 13.6. The minimum atomic E-state index is 0.150. The van der Waals surface area contributed by atoms with Gasteiger partial charge >= 0.3 is 0 Å². The average Bonchev–Trinajstić information content (AvgIpc) is 2.62. The number of hydrogen-bond donors (Lipinski definition) is 1. The van der Waals surface area contributed by atoms with E-state index >= 15 is 0 Å². The van der Waals surface area contributed by atoms with Crippen molar-refractivity contribution in [3.05, 3.63) is 17.5 Å². The molecule has 0 bridgehead atoms. The van der Waals surface area contributed by atoms with Crippen LogP contribution in [0.3, 0.4) is 0 Å². The molecule has 0 saturated heterocycles. The number of rotatable bonds is 6. The Labute approximate surface area is 103 Å². The van der Waals surface area contributed by atoms with Crippen molar-refractivity contribution in [3.8, 4) is 0 Å². The molecule has 1 amide bonds. The lowest BCUT2D eigenvalue weighted by Crippen LogP contribution is -2.37. The van der Waals surface area contributed by atoms with Gasteiger partial charge < -0.3 is 10.2 Å². The highest BCUT2D eigenvalue weighted by atomic mass is 16.2. The van der Waals surface area contributed by atoms with E-state index in [2.05, 4.69) is 10.4 Å². The van der Waals surface area contributed by atoms with Crippen LogP contribution in [0.15, 0.2) is 6.20 Å². The van der Waals surface area contributed by atoms with Gasteiger partial charge in [0.15, 0.2) is 0 Å². The van der Waals surface area contributed by atoms with E-state index in [0.29, 0.717) is 13.1 Å². The number of nitrogens with one attached hydrogen (secondary N) is 1. The minimum Gasteiger partial charge on any atom is -0.342 e. The first-order valence-electron chi connectivity index (χ1n) is 6.06. The third-order valence-electron chi connectivity index (χ3n) is 3.04. The lowest BCUT2D eigenvalue weighted by atomic mass is 10.2. The van der Waals surface area contributed by atoms with E-state index in [0.717, 1.165) is 24.3 Å². The zero-order chi connectivity index (χ0) is 12.8. The Bertz CT molecular complexity index is 369. The number of aryl methyl sites for hydroxylation is 1. The van der Waals surface area contributed by atoms with Gasteiger partial charge in [-0.2, -0.15) is 5.10 Å². The van der Waals surface area contributed by atoms with Gasteiger partial charge in [-0.3, -0.25) is 9.48 Å². The Morgan fingerprint density at radius 3 is 2.59 bits per heavy atom. The van der Waals surface area contributed by atoms with Gasteiger partial charge in [0.25, 0.3) is 0 Å². The second kappa shape index (κ2) is 6.39. The molecule has 0 saturated carbocycles. The fourth-order valence-electron chi connectivity index (χ4n) is 1.71. The molecule has 0 aliphatic heterocycles. The molecular weight excluding hydrogens is 216 g/mol. The van der Waals surface area contributed by atoms with Crippen molar-refractivity contribution in [2.75, 3.05) is 19.6 Å². The minimum absolute atomic E-state index is 0.150. The van der Waals surface area contributed by atoms with E-state index in [1.54, 1.807) is 0 Å². The van der Waals surface area contributed by atoms with Crippen LogP contribution in [0.4, 0.5) is 0 Å². The number of amides is 1. The monoisotopic (exact) mass is 238 g/mol. The highest BCUT2D eigenvalue weighted by Crippen LogP contribution is 2.04. The Morgan fingerprint density at radius 2 is 2.12 bits per heavy atom. The summed E-state index contributed by atoms with van der Waals surface area (Å²) in [6.45, 7) is 8.62. The van der Waals surface area contributed by atoms with E-state index in [9.17, 15) is 4.79 Å². The van der Waals surface area contributed by atoms with Crippen molar-refractivity contribution < 1.29 is 4.79 Å². The molecule has 1 heterocycles. The lowest BCUT2D eigenvalue weighted by molar-refractivity contribution is -0.129. The molecule has 0 aliphatic carbocycles. The molecule has 1 rings (SSSR count). The predicted molar refractivity (Wildman–Crippen MR) is 67.6 cm³/mol. The number of hydrogen-bond acceptors (Lipinski definition) is 3. The second-order valence-electron chi connectivity index (χ2n) is 4.05. The fourth-order valence-corrected chi connectivity index (χ4v) is 1.71. The van der Waals surface area contributed by atoms with Gasteiger partial charge in [-0.05, 0) is 20.8 Å². The van der Waals surface area contributed by atoms with Gasteiger partial charge in [-0.1, -0.05) is 0 Å². The third kappa shape index (κ3) is 3.56. The first kappa shape index (κ1) is 13.7. The number of likely N-dealkylation sites (N-methyl/N-ethyl adjacent to an activating group) is 1. The second-order valence-corrected chi connectivity index (χ2v) is 4.05. The summed E-state index contributed by atoms with van der Waals surface area (Å²) in [6, 6.07) is 0. The van der Waals surface area contributed by atoms with Gasteiger partial charge in [0, 0.05) is 37.9 Å². The quantitative estimate of drug-likeness (QED) is 0.793. The van der Waals surface area contributed by atoms with Gasteiger partial charge in [-0.15, -0.1) is 0 Å². The average molecular weight is 238 g/mol. The molecule has 0 atom stereocenters. The maximum absolute atomic E-state index is 11.7. The summed E-state index contributed by atoms with van der Waals surface area (Å²) in [5, 5.41) is 7.32. The van der Waals surface area contributed by atoms with Crippen LogP contribution in [-0.2, 0) is 18.4 Å². The molecule has 0 aliphatic rings. The van der Waals surface area contributed by atoms with Crippen molar-refractivity contribution in [1.29, 1.82) is 0 Å². The van der Waals surface area contributed by atoms with Gasteiger partial charge in [0.05, 0.1) is 12.7 Å². The van der Waals surface area contributed by atoms with Crippen LogP contribution in [0, 0.1) is 6.92 Å². The molecular formula is C12H22N4O. The van der Waals surface area contributed by atoms with Gasteiger partial charge in [0.2, 0.25) is 5.91 Å². The maximum Gasteiger partial charge on any atom is 0.236 e. The molecule has 5 nitrogen and oxygen atoms in total. The van der Waals surface area contributed by atoms with Gasteiger partial charge in [-0.25, -0.2) is 0 Å². The van der Waals surface area contributed by atoms with Crippen LogP contribution in [0.5, 0.6) is 0 Å². The summed E-state index contributed by atoms with van der Waals surface area (Å²) in [5.41, 5.74) is 2.27. The van der Waals surface area contributed by atoms with Gasteiger partial charge in [0.1, 0.15) is 0 Å². The molecule has 96 valence electrons. The van der Waals surface area contributed by atoms with Crippen molar-refractivity contribution in [2.45, 2.75) is 27.3 Å². The van der Waals surface area contributed by atoms with E-state index in [4.69, 9.17) is 0 Å². The summed E-state index contributed by atoms with van der Waals surface area (Å²) < 4.78 is 1.84. The van der Waals surface area contributed by atoms with E-state index in [1.165, 1.54) is 0 Å². The summed E-state index contributed by atoms with van der Waals surface area (Å²) >= 11 is 0. The number of aromatic nitrogens is 2. The largest absolute Gasteiger partial charge is 0.342 e. The number of nitrogens with zero attached hydrogens (tertiary/aromatic N) is 3. The third-order valence-corrected chi connectivity index (χ3v) is 3.04. The zero-order valence-corrected chi connectivity index (χ0v) is 11.2. The van der Waals surface area contributed by atoms with Crippen LogP contribution in [0.2, 0.25) is 0 Å². The lowest BCUT2D eigenvalue weighted by Gasteiger charge is -2.18. The standard InChI is InChI=1S/C12H22N4O/c1-5-16(6-2)12(17)9-13-7-11-8-14-15(4)10(11)3/h8,13H,5-7,9H2,1-4H3. The van der Waals surface area contributed by atoms with Crippen LogP contribution >= 0.6 is 0 Å². The molecule has 0 unspecified atom stereocenters. The zero-order valence-electron chi connectivity index (χ0n) is 11.2. The van der Waals surface area contributed by atoms with E-state index in [-0.39, 0.29) is 5.91 Å². The molecule has 0 spiro atoms. The molecule has 1 aromatic heterocycles. The SMILES string of the molecule is CCN(CC)C(=O)CNCc1cnn(C)c1C. The maximum atomic E-state index is 11.7. The van der Waals surface area contributed by atoms with E-state index in [1.807, 2.05) is 43.6 Å². The van der Waals surface area contributed by atoms with Crippen molar-refractivity contribution >= 4 is 5.91 Å². The summed E-state index contributed by atoms with van der Waals surface area (Å²) in [6.07, 6.45) is 1.84. The topological polar surface area (TPSA) is 50.2 Å². The fraction of sp³-hybridized carbons (Fsp3) is 0.667. The van der Waals surface area contributed by atoms with Crippen LogP contribution < -0.4 is 5.32 Å². The molecule has 1 aromatic rings. The Kier molecular flexibility index (Phi) is 5.15. The Morgan fingerprint density at radius 1 is 1.47 bits per heavy atom. The molecule has 0 radical (unpaired) electrons. The first-order chi connectivity index (χ1) is 8.10. The molecule has 5 heteroatoms. The molecule has 17 heavy (non-hydrogen) atoms. The smallest absolute Gasteiger partial charge is 0.236 e. The van der Waals surface area contributed by atoms with Crippen molar-refractivity contribution in [1.82, 2.24) is 20.0 Å². The molecule has 0 fully saturated rings. The van der Waals surface area contributed by atoms with Crippen LogP contribution in [0.1, 0.15) is 25.1 Å². The summed E-state index contributed by atoms with van der Waals surface area (Å²) in [7, 11) is 1.92. The highest BCUT2D eigenvalue weighted by molar-refractivity contribution is 5.78. The van der Waals surface area contributed by atoms with Crippen molar-refractivity contribution in [3.63, 3.8) is 0 Å². The first-order valence-corrected chi connectivity index (χ1v) is 6.06. The van der Waals surface area contributed by atoms with Crippen LogP contribution in [0.25, 0.3) is 0 Å². The van der Waals surface area contributed by atoms with Crippen LogP contribution in [-0.4, -0.2) is 40.2 Å². The van der Waals surface area contributed by atoms with Crippen molar-refractivity contribution in [2.24, 2.45) is 7.05 Å². The molecule has 0 aromatic carbocycles. The highest BCUT2D eigenvalue weighted by Gasteiger charge is 2.09. The molecule has 1 N–H and O–H groups in total. The van der Waals surface area contributed by atoms with E-state index < -0.39 is 0 Å². The number of carbonyl (C=O) groups excluding carboxylic acids is 1. The normalized spacial score (nSPS) is 10.6. The Balaban J connectivity index is 2.38.